The van der Waals surface area contributed by atoms with Crippen LogP contribution in [0.1, 0.15) is 18.5 Å². The maximum Gasteiger partial charge on any atom is 0.150 e. The van der Waals surface area contributed by atoms with E-state index < -0.39 is 0 Å². The number of aryl methyl sites for hydroxylation is 1. The van der Waals surface area contributed by atoms with E-state index >= 15 is 0 Å². The summed E-state index contributed by atoms with van der Waals surface area (Å²) in [6, 6.07) is 20.7. The van der Waals surface area contributed by atoms with Gasteiger partial charge in [0.25, 0.3) is 0 Å². The van der Waals surface area contributed by atoms with Crippen LogP contribution in [0.25, 0.3) is 27.8 Å². The lowest BCUT2D eigenvalue weighted by Crippen LogP contribution is -2.38. The number of halogens is 1. The number of para-hydroxylation sites is 1. The van der Waals surface area contributed by atoms with E-state index in [1.807, 2.05) is 30.3 Å². The average molecular weight is 495 g/mol. The highest BCUT2D eigenvalue weighted by Crippen LogP contribution is 2.29. The van der Waals surface area contributed by atoms with E-state index in [0.717, 1.165) is 43.3 Å². The number of benzene rings is 2. The molecule has 180 valence electrons. The summed E-state index contributed by atoms with van der Waals surface area (Å²) < 4.78 is 4.11. The first-order valence-electron chi connectivity index (χ1n) is 12.5. The molecule has 0 saturated carbocycles. The normalized spacial score (nSPS) is 16.7. The zero-order chi connectivity index (χ0) is 24.6. The largest absolute Gasteiger partial charge is 0.370 e. The van der Waals surface area contributed by atoms with Crippen molar-refractivity contribution in [1.29, 1.82) is 0 Å². The molecule has 1 fully saturated rings. The van der Waals surface area contributed by atoms with Crippen molar-refractivity contribution >= 4 is 47.3 Å². The molecule has 0 amide bonds. The van der Waals surface area contributed by atoms with E-state index in [2.05, 4.69) is 57.3 Å². The Hall–Kier alpha value is -3.29. The fourth-order valence-electron chi connectivity index (χ4n) is 5.35. The van der Waals surface area contributed by atoms with Crippen molar-refractivity contribution in [2.75, 3.05) is 25.0 Å². The Morgan fingerprint density at radius 1 is 1.11 bits per heavy atom. The van der Waals surface area contributed by atoms with Crippen molar-refractivity contribution in [2.24, 2.45) is 13.0 Å². The van der Waals surface area contributed by atoms with Crippen LogP contribution in [0.15, 0.2) is 66.9 Å². The lowest BCUT2D eigenvalue weighted by Gasteiger charge is -2.33. The fraction of sp³-hybridized carbons (Fsp3) is 0.286. The number of aromatic nitrogens is 4. The maximum atomic E-state index is 6.47. The molecular weight excluding hydrogens is 467 g/mol. The standard InChI is InChI=1S/C28H28BClN6/c1-34-21(13-20-8-2-5-11-26(20)34)18-35-12-6-7-19(17-35)15-31-27-14-25(22-9-3-4-10-24(22)30)33-28-23(29)16-32-36(27)28/h2-5,8-11,13-14,16,19,31H,6-7,12,15,17-18H2,1H3. The lowest BCUT2D eigenvalue weighted by molar-refractivity contribution is 0.170. The molecule has 0 aliphatic carbocycles. The van der Waals surface area contributed by atoms with Crippen molar-refractivity contribution in [3.05, 3.63) is 77.6 Å². The van der Waals surface area contributed by atoms with Crippen LogP contribution < -0.4 is 10.8 Å². The second-order valence-electron chi connectivity index (χ2n) is 9.72. The van der Waals surface area contributed by atoms with Gasteiger partial charge in [0, 0.05) is 60.7 Å². The summed E-state index contributed by atoms with van der Waals surface area (Å²) in [6.07, 6.45) is 4.04. The van der Waals surface area contributed by atoms with Gasteiger partial charge in [-0.1, -0.05) is 48.0 Å². The van der Waals surface area contributed by atoms with Crippen LogP contribution in [0, 0.1) is 5.92 Å². The molecule has 4 heterocycles. The number of likely N-dealkylation sites (tertiary alicyclic amines) is 1. The number of hydrogen-bond donors (Lipinski definition) is 1. The summed E-state index contributed by atoms with van der Waals surface area (Å²) in [5.74, 6) is 1.41. The molecule has 5 aromatic rings. The third-order valence-electron chi connectivity index (χ3n) is 7.26. The van der Waals surface area contributed by atoms with Crippen LogP contribution in [0.3, 0.4) is 0 Å². The molecule has 1 unspecified atom stereocenters. The minimum absolute atomic E-state index is 0.535. The molecule has 1 aliphatic heterocycles. The number of anilines is 1. The van der Waals surface area contributed by atoms with Crippen LogP contribution in [-0.2, 0) is 13.6 Å². The third-order valence-corrected chi connectivity index (χ3v) is 7.59. The Kier molecular flexibility index (Phi) is 6.19. The molecule has 36 heavy (non-hydrogen) atoms. The highest BCUT2D eigenvalue weighted by molar-refractivity contribution is 6.36. The minimum atomic E-state index is 0.535. The van der Waals surface area contributed by atoms with Crippen LogP contribution in [-0.4, -0.2) is 51.5 Å². The summed E-state index contributed by atoms with van der Waals surface area (Å²) in [4.78, 5) is 7.32. The molecule has 1 atom stereocenters. The number of nitrogens with zero attached hydrogens (tertiary/aromatic N) is 5. The van der Waals surface area contributed by atoms with Gasteiger partial charge in [-0.05, 0) is 54.4 Å². The van der Waals surface area contributed by atoms with E-state index in [0.29, 0.717) is 22.1 Å². The summed E-state index contributed by atoms with van der Waals surface area (Å²) in [5.41, 5.74) is 5.49. The monoisotopic (exact) mass is 494 g/mol. The van der Waals surface area contributed by atoms with Crippen molar-refractivity contribution in [3.63, 3.8) is 0 Å². The van der Waals surface area contributed by atoms with Gasteiger partial charge in [0.05, 0.1) is 5.69 Å². The van der Waals surface area contributed by atoms with Gasteiger partial charge >= 0.3 is 0 Å². The van der Waals surface area contributed by atoms with E-state index in [1.54, 1.807) is 10.7 Å². The number of piperidine rings is 1. The van der Waals surface area contributed by atoms with Gasteiger partial charge in [-0.3, -0.25) is 4.90 Å². The predicted octanol–water partition coefficient (Wildman–Crippen LogP) is 4.66. The minimum Gasteiger partial charge on any atom is -0.370 e. The molecule has 0 bridgehead atoms. The average Bonchev–Trinajstić information content (AvgIpc) is 3.42. The molecule has 2 aromatic carbocycles. The van der Waals surface area contributed by atoms with Gasteiger partial charge in [0.1, 0.15) is 13.7 Å². The zero-order valence-corrected chi connectivity index (χ0v) is 21.1. The topological polar surface area (TPSA) is 50.4 Å². The van der Waals surface area contributed by atoms with Crippen LogP contribution in [0.2, 0.25) is 5.02 Å². The van der Waals surface area contributed by atoms with E-state index in [-0.39, 0.29) is 0 Å². The third kappa shape index (κ3) is 4.38. The van der Waals surface area contributed by atoms with Crippen molar-refractivity contribution < 1.29 is 0 Å². The summed E-state index contributed by atoms with van der Waals surface area (Å²) in [7, 11) is 8.35. The van der Waals surface area contributed by atoms with E-state index in [1.165, 1.54) is 29.4 Å². The second-order valence-corrected chi connectivity index (χ2v) is 10.1. The Balaban J connectivity index is 1.19. The SMILES string of the molecule is [B]c1cnn2c(NCC3CCCN(Cc4cc5ccccc5n4C)C3)cc(-c3ccccc3Cl)nc12. The van der Waals surface area contributed by atoms with Gasteiger partial charge in [-0.2, -0.15) is 9.61 Å². The Bertz CT molecular complexity index is 1540. The van der Waals surface area contributed by atoms with E-state index in [4.69, 9.17) is 24.4 Å². The zero-order valence-electron chi connectivity index (χ0n) is 20.4. The number of nitrogens with one attached hydrogen (secondary N) is 1. The molecule has 1 aliphatic rings. The quantitative estimate of drug-likeness (QED) is 0.349. The molecule has 6 nitrogen and oxygen atoms in total. The molecule has 8 heteroatoms. The molecule has 2 radical (unpaired) electrons. The van der Waals surface area contributed by atoms with Crippen LogP contribution in [0.5, 0.6) is 0 Å². The second kappa shape index (κ2) is 9.64. The highest BCUT2D eigenvalue weighted by atomic mass is 35.5. The lowest BCUT2D eigenvalue weighted by atomic mass is 9.97. The first-order chi connectivity index (χ1) is 17.6. The first-order valence-corrected chi connectivity index (χ1v) is 12.8. The molecular formula is C28H28BClN6. The Labute approximate surface area is 217 Å². The number of rotatable bonds is 6. The van der Waals surface area contributed by atoms with Crippen molar-refractivity contribution in [3.8, 4) is 11.3 Å². The number of fused-ring (bicyclic) bond motifs is 2. The summed E-state index contributed by atoms with van der Waals surface area (Å²) >= 11 is 6.47. The van der Waals surface area contributed by atoms with Crippen LogP contribution >= 0.6 is 11.6 Å². The molecule has 1 N–H and O–H groups in total. The van der Waals surface area contributed by atoms with Gasteiger partial charge in [-0.25, -0.2) is 4.98 Å². The first kappa shape index (κ1) is 23.1. The van der Waals surface area contributed by atoms with Gasteiger partial charge < -0.3 is 9.88 Å². The van der Waals surface area contributed by atoms with Gasteiger partial charge in [-0.15, -0.1) is 0 Å². The Morgan fingerprint density at radius 3 is 2.81 bits per heavy atom. The molecule has 0 spiro atoms. The smallest absolute Gasteiger partial charge is 0.150 e. The maximum absolute atomic E-state index is 6.47. The fourth-order valence-corrected chi connectivity index (χ4v) is 5.58. The van der Waals surface area contributed by atoms with Crippen LogP contribution in [0.4, 0.5) is 5.82 Å². The van der Waals surface area contributed by atoms with E-state index in [9.17, 15) is 0 Å². The summed E-state index contributed by atoms with van der Waals surface area (Å²) in [6.45, 7) is 4.01. The molecule has 1 saturated heterocycles. The summed E-state index contributed by atoms with van der Waals surface area (Å²) in [5, 5.41) is 10.1. The van der Waals surface area contributed by atoms with Crippen molar-refractivity contribution in [1.82, 2.24) is 24.1 Å². The molecule has 3 aromatic heterocycles. The van der Waals surface area contributed by atoms with Crippen molar-refractivity contribution in [2.45, 2.75) is 19.4 Å². The number of hydrogen-bond acceptors (Lipinski definition) is 4. The Morgan fingerprint density at radius 2 is 1.94 bits per heavy atom. The highest BCUT2D eigenvalue weighted by Gasteiger charge is 2.22. The predicted molar refractivity (Wildman–Crippen MR) is 148 cm³/mol. The molecule has 6 rings (SSSR count). The van der Waals surface area contributed by atoms with Gasteiger partial charge in [0.2, 0.25) is 0 Å². The van der Waals surface area contributed by atoms with Gasteiger partial charge in [0.15, 0.2) is 5.65 Å².